The van der Waals surface area contributed by atoms with Crippen LogP contribution in [0, 0.1) is 0 Å². The number of nitrogens with zero attached hydrogens (tertiary/aromatic N) is 1. The van der Waals surface area contributed by atoms with E-state index >= 15 is 0 Å². The van der Waals surface area contributed by atoms with Crippen molar-refractivity contribution in [2.75, 3.05) is 10.0 Å². The highest BCUT2D eigenvalue weighted by atomic mass is 32.2. The summed E-state index contributed by atoms with van der Waals surface area (Å²) in [5.74, 6) is 0.130. The van der Waals surface area contributed by atoms with Gasteiger partial charge in [0.05, 0.1) is 10.6 Å². The van der Waals surface area contributed by atoms with Crippen molar-refractivity contribution in [3.63, 3.8) is 0 Å². The third-order valence-electron chi connectivity index (χ3n) is 3.24. The lowest BCUT2D eigenvalue weighted by molar-refractivity contribution is -0.116. The summed E-state index contributed by atoms with van der Waals surface area (Å²) in [6.07, 6.45) is 1.90. The lowest BCUT2D eigenvalue weighted by atomic mass is 10.3. The lowest BCUT2D eigenvalue weighted by Gasteiger charge is -2.11. The fourth-order valence-corrected chi connectivity index (χ4v) is 4.30. The molecule has 0 bridgehead atoms. The minimum Gasteiger partial charge on any atom is -0.325 e. The molecule has 0 radical (unpaired) electrons. The number of carbonyl (C=O) groups is 1. The first-order valence-electron chi connectivity index (χ1n) is 6.98. The number of rotatable bonds is 3. The molecule has 2 N–H and O–H groups in total. The molecule has 0 fully saturated rings. The van der Waals surface area contributed by atoms with E-state index in [9.17, 15) is 13.2 Å². The number of benzene rings is 1. The molecule has 1 amide bonds. The first kappa shape index (κ1) is 15.8. The number of sulfonamides is 1. The fourth-order valence-electron chi connectivity index (χ4n) is 2.22. The van der Waals surface area contributed by atoms with Crippen LogP contribution in [0.15, 0.2) is 52.4 Å². The summed E-state index contributed by atoms with van der Waals surface area (Å²) < 4.78 is 27.3. The van der Waals surface area contributed by atoms with Crippen molar-refractivity contribution in [2.45, 2.75) is 28.4 Å². The maximum Gasteiger partial charge on any atom is 0.263 e. The Morgan fingerprint density at radius 3 is 2.87 bits per heavy atom. The van der Waals surface area contributed by atoms with Crippen molar-refractivity contribution in [1.82, 2.24) is 4.98 Å². The minimum atomic E-state index is -3.76. The highest BCUT2D eigenvalue weighted by Gasteiger charge is 2.22. The van der Waals surface area contributed by atoms with Gasteiger partial charge < -0.3 is 5.32 Å². The number of nitrogens with one attached hydrogen (secondary N) is 2. The number of anilines is 2. The summed E-state index contributed by atoms with van der Waals surface area (Å²) in [5.41, 5.74) is 0.522. The molecule has 1 aromatic carbocycles. The van der Waals surface area contributed by atoms with Gasteiger partial charge in [0.2, 0.25) is 5.91 Å². The van der Waals surface area contributed by atoms with E-state index in [0.29, 0.717) is 12.1 Å². The molecule has 120 valence electrons. The number of aromatic nitrogens is 1. The van der Waals surface area contributed by atoms with Crippen LogP contribution < -0.4 is 10.0 Å². The highest BCUT2D eigenvalue weighted by Crippen LogP contribution is 2.36. The Morgan fingerprint density at radius 1 is 1.30 bits per heavy atom. The van der Waals surface area contributed by atoms with E-state index in [1.807, 2.05) is 6.92 Å². The summed E-state index contributed by atoms with van der Waals surface area (Å²) in [5, 5.41) is 2.91. The van der Waals surface area contributed by atoms with Gasteiger partial charge in [0, 0.05) is 22.8 Å². The van der Waals surface area contributed by atoms with Gasteiger partial charge >= 0.3 is 0 Å². The predicted octanol–water partition coefficient (Wildman–Crippen LogP) is 2.71. The molecule has 0 aliphatic carbocycles. The van der Waals surface area contributed by atoms with Gasteiger partial charge in [-0.2, -0.15) is 0 Å². The number of hydrogen-bond donors (Lipinski definition) is 2. The molecular weight excluding hydrogens is 334 g/mol. The van der Waals surface area contributed by atoms with Crippen molar-refractivity contribution in [2.24, 2.45) is 0 Å². The predicted molar refractivity (Wildman–Crippen MR) is 90.1 cm³/mol. The molecule has 8 heteroatoms. The quantitative estimate of drug-likeness (QED) is 0.889. The number of amides is 1. The van der Waals surface area contributed by atoms with Gasteiger partial charge in [-0.25, -0.2) is 13.4 Å². The van der Waals surface area contributed by atoms with Crippen LogP contribution in [0.5, 0.6) is 0 Å². The van der Waals surface area contributed by atoms with E-state index in [1.54, 1.807) is 36.0 Å². The number of fused-ring (bicyclic) bond motifs is 1. The Kier molecular flexibility index (Phi) is 4.27. The molecule has 1 aliphatic heterocycles. The lowest BCUT2D eigenvalue weighted by Crippen LogP contribution is -2.15. The van der Waals surface area contributed by atoms with E-state index in [1.165, 1.54) is 18.3 Å². The summed E-state index contributed by atoms with van der Waals surface area (Å²) in [4.78, 5) is 16.7. The molecule has 0 saturated heterocycles. The normalized spacial score (nSPS) is 17.8. The van der Waals surface area contributed by atoms with Gasteiger partial charge in [-0.3, -0.25) is 9.52 Å². The van der Waals surface area contributed by atoms with E-state index in [4.69, 9.17) is 0 Å². The Balaban J connectivity index is 1.93. The second-order valence-electron chi connectivity index (χ2n) is 5.16. The molecule has 2 heterocycles. The smallest absolute Gasteiger partial charge is 0.263 e. The fraction of sp³-hybridized carbons (Fsp3) is 0.200. The Bertz CT molecular complexity index is 838. The summed E-state index contributed by atoms with van der Waals surface area (Å²) in [7, 11) is -3.76. The maximum atomic E-state index is 12.4. The molecule has 6 nitrogen and oxygen atoms in total. The largest absolute Gasteiger partial charge is 0.325 e. The van der Waals surface area contributed by atoms with E-state index in [2.05, 4.69) is 15.0 Å². The van der Waals surface area contributed by atoms with Crippen molar-refractivity contribution in [1.29, 1.82) is 0 Å². The van der Waals surface area contributed by atoms with Gasteiger partial charge in [-0.1, -0.05) is 13.0 Å². The molecule has 2 aromatic rings. The third-order valence-corrected chi connectivity index (χ3v) is 5.77. The Morgan fingerprint density at radius 2 is 2.13 bits per heavy atom. The van der Waals surface area contributed by atoms with Crippen LogP contribution in [0.4, 0.5) is 11.5 Å². The van der Waals surface area contributed by atoms with Crippen molar-refractivity contribution >= 4 is 39.2 Å². The molecule has 0 spiro atoms. The Hall–Kier alpha value is -2.06. The van der Waals surface area contributed by atoms with Crippen LogP contribution in [0.25, 0.3) is 0 Å². The number of hydrogen-bond acceptors (Lipinski definition) is 5. The van der Waals surface area contributed by atoms with Crippen LogP contribution in [0.3, 0.4) is 0 Å². The van der Waals surface area contributed by atoms with Crippen LogP contribution in [-0.4, -0.2) is 24.6 Å². The van der Waals surface area contributed by atoms with Gasteiger partial charge in [0.25, 0.3) is 10.0 Å². The van der Waals surface area contributed by atoms with Gasteiger partial charge in [-0.05, 0) is 30.3 Å². The summed E-state index contributed by atoms with van der Waals surface area (Å²) >= 11 is 1.55. The zero-order chi connectivity index (χ0) is 16.4. The van der Waals surface area contributed by atoms with E-state index in [0.717, 1.165) is 4.90 Å². The first-order valence-corrected chi connectivity index (χ1v) is 9.35. The Labute approximate surface area is 138 Å². The van der Waals surface area contributed by atoms with Crippen molar-refractivity contribution in [3.8, 4) is 0 Å². The van der Waals surface area contributed by atoms with Crippen LogP contribution in [0.2, 0.25) is 0 Å². The van der Waals surface area contributed by atoms with E-state index < -0.39 is 10.0 Å². The molecule has 1 unspecified atom stereocenters. The molecule has 1 atom stereocenters. The molecular formula is C15H15N3O3S2. The van der Waals surface area contributed by atoms with E-state index in [-0.39, 0.29) is 21.9 Å². The minimum absolute atomic E-state index is 0.0809. The van der Waals surface area contributed by atoms with Crippen LogP contribution in [0.1, 0.15) is 13.3 Å². The maximum absolute atomic E-state index is 12.4. The van der Waals surface area contributed by atoms with Crippen LogP contribution >= 0.6 is 11.8 Å². The summed E-state index contributed by atoms with van der Waals surface area (Å²) in [6, 6.07) is 9.69. The molecule has 0 saturated carbocycles. The standard InChI is InChI=1S/C15H15N3O3S2/c1-10-8-15(19)17-12-9-11(5-6-13(12)22-10)23(20,21)18-14-4-2-3-7-16-14/h2-7,9-10H,8H2,1H3,(H,16,18)(H,17,19). The average Bonchev–Trinajstić information content (AvgIpc) is 2.63. The number of thioether (sulfide) groups is 1. The second-order valence-corrected chi connectivity index (χ2v) is 8.32. The van der Waals surface area contributed by atoms with Crippen molar-refractivity contribution in [3.05, 3.63) is 42.6 Å². The number of carbonyl (C=O) groups excluding carboxylic acids is 1. The van der Waals surface area contributed by atoms with Gasteiger partial charge in [-0.15, -0.1) is 11.8 Å². The highest BCUT2D eigenvalue weighted by molar-refractivity contribution is 8.00. The first-order chi connectivity index (χ1) is 10.9. The monoisotopic (exact) mass is 349 g/mol. The molecule has 23 heavy (non-hydrogen) atoms. The SMILES string of the molecule is CC1CC(=O)Nc2cc(S(=O)(=O)Nc3ccccn3)ccc2S1. The third kappa shape index (κ3) is 3.65. The molecule has 3 rings (SSSR count). The second kappa shape index (κ2) is 6.21. The average molecular weight is 349 g/mol. The topological polar surface area (TPSA) is 88.2 Å². The van der Waals surface area contributed by atoms with Crippen LogP contribution in [-0.2, 0) is 14.8 Å². The van der Waals surface area contributed by atoms with Gasteiger partial charge in [0.1, 0.15) is 5.82 Å². The van der Waals surface area contributed by atoms with Crippen molar-refractivity contribution < 1.29 is 13.2 Å². The zero-order valence-electron chi connectivity index (χ0n) is 12.3. The number of pyridine rings is 1. The molecule has 1 aliphatic rings. The summed E-state index contributed by atoms with van der Waals surface area (Å²) in [6.45, 7) is 1.96. The van der Waals surface area contributed by atoms with Gasteiger partial charge in [0.15, 0.2) is 0 Å². The zero-order valence-corrected chi connectivity index (χ0v) is 13.9. The molecule has 1 aromatic heterocycles.